The van der Waals surface area contributed by atoms with E-state index in [1.54, 1.807) is 0 Å². The molecule has 2 rings (SSSR count). The third-order valence-corrected chi connectivity index (χ3v) is 3.38. The van der Waals surface area contributed by atoms with Crippen LogP contribution in [0.4, 0.5) is 11.4 Å². The maximum Gasteiger partial charge on any atom is 0.0631 e. The lowest BCUT2D eigenvalue weighted by Gasteiger charge is -2.20. The Balaban J connectivity index is 1.97. The molecule has 0 amide bonds. The first-order valence-electron chi connectivity index (χ1n) is 7.44. The molecule has 2 heteroatoms. The molecule has 0 spiro atoms. The summed E-state index contributed by atoms with van der Waals surface area (Å²) in [6.07, 6.45) is 5.85. The van der Waals surface area contributed by atoms with E-state index in [1.165, 1.54) is 11.3 Å². The van der Waals surface area contributed by atoms with Crippen molar-refractivity contribution in [1.29, 1.82) is 0 Å². The molecule has 0 aliphatic rings. The van der Waals surface area contributed by atoms with Gasteiger partial charge in [-0.2, -0.15) is 0 Å². The van der Waals surface area contributed by atoms with E-state index in [-0.39, 0.29) is 0 Å². The summed E-state index contributed by atoms with van der Waals surface area (Å²) in [6, 6.07) is 18.6. The number of hydrogen-bond acceptors (Lipinski definition) is 2. The van der Waals surface area contributed by atoms with Crippen LogP contribution in [-0.4, -0.2) is 19.3 Å². The summed E-state index contributed by atoms with van der Waals surface area (Å²) >= 11 is 0. The van der Waals surface area contributed by atoms with Gasteiger partial charge in [-0.3, -0.25) is 4.99 Å². The average Bonchev–Trinajstić information content (AvgIpc) is 2.55. The first-order chi connectivity index (χ1) is 10.3. The second-order valence-electron chi connectivity index (χ2n) is 4.74. The normalized spacial score (nSPS) is 11.3. The van der Waals surface area contributed by atoms with Crippen molar-refractivity contribution >= 4 is 23.7 Å². The van der Waals surface area contributed by atoms with Crippen LogP contribution in [0.3, 0.4) is 0 Å². The SMILES string of the molecule is CCN(CC)c1ccc(N=C/C=C\c2ccccc2)cc1. The Morgan fingerprint density at radius 2 is 1.57 bits per heavy atom. The van der Waals surface area contributed by atoms with Crippen molar-refractivity contribution < 1.29 is 0 Å². The zero-order valence-corrected chi connectivity index (χ0v) is 12.7. The fourth-order valence-corrected chi connectivity index (χ4v) is 2.19. The van der Waals surface area contributed by atoms with E-state index in [0.717, 1.165) is 18.8 Å². The summed E-state index contributed by atoms with van der Waals surface area (Å²) in [5, 5.41) is 0. The van der Waals surface area contributed by atoms with E-state index in [9.17, 15) is 0 Å². The lowest BCUT2D eigenvalue weighted by atomic mass is 10.2. The molecule has 0 saturated carbocycles. The minimum atomic E-state index is 0.976. The number of rotatable bonds is 6. The number of aliphatic imine (C=N–C) groups is 1. The summed E-state index contributed by atoms with van der Waals surface area (Å²) in [4.78, 5) is 6.77. The van der Waals surface area contributed by atoms with Crippen LogP contribution < -0.4 is 4.90 Å². The lowest BCUT2D eigenvalue weighted by Crippen LogP contribution is -2.21. The van der Waals surface area contributed by atoms with Crippen LogP contribution in [0.2, 0.25) is 0 Å². The predicted molar refractivity (Wildman–Crippen MR) is 93.6 cm³/mol. The standard InChI is InChI=1S/C19H22N2/c1-3-21(4-2)19-14-12-18(13-15-19)20-16-8-11-17-9-6-5-7-10-17/h5-16H,3-4H2,1-2H3/b11-8-,20-16?. The molecule has 2 nitrogen and oxygen atoms in total. The van der Waals surface area contributed by atoms with Crippen LogP contribution in [0.15, 0.2) is 65.7 Å². The van der Waals surface area contributed by atoms with Crippen LogP contribution in [0, 0.1) is 0 Å². The highest BCUT2D eigenvalue weighted by atomic mass is 15.1. The van der Waals surface area contributed by atoms with Gasteiger partial charge in [0.05, 0.1) is 5.69 Å². The smallest absolute Gasteiger partial charge is 0.0631 e. The second-order valence-corrected chi connectivity index (χ2v) is 4.74. The van der Waals surface area contributed by atoms with Crippen molar-refractivity contribution in [2.45, 2.75) is 13.8 Å². The Labute approximate surface area is 127 Å². The van der Waals surface area contributed by atoms with Crippen LogP contribution >= 0.6 is 0 Å². The molecule has 0 atom stereocenters. The van der Waals surface area contributed by atoms with Gasteiger partial charge >= 0.3 is 0 Å². The maximum absolute atomic E-state index is 4.44. The van der Waals surface area contributed by atoms with Crippen LogP contribution in [-0.2, 0) is 0 Å². The number of allylic oxidation sites excluding steroid dienone is 1. The molecule has 0 unspecified atom stereocenters. The Hall–Kier alpha value is -2.35. The van der Waals surface area contributed by atoms with E-state index >= 15 is 0 Å². The van der Waals surface area contributed by atoms with Crippen molar-refractivity contribution in [2.75, 3.05) is 18.0 Å². The largest absolute Gasteiger partial charge is 0.372 e. The maximum atomic E-state index is 4.44. The quantitative estimate of drug-likeness (QED) is 0.683. The Morgan fingerprint density at radius 1 is 0.905 bits per heavy atom. The molecule has 0 aliphatic carbocycles. The summed E-state index contributed by atoms with van der Waals surface area (Å²) in [6.45, 7) is 6.39. The van der Waals surface area contributed by atoms with Crippen molar-refractivity contribution in [1.82, 2.24) is 0 Å². The molecule has 21 heavy (non-hydrogen) atoms. The predicted octanol–water partition coefficient (Wildman–Crippen LogP) is 4.95. The van der Waals surface area contributed by atoms with Gasteiger partial charge in [-0.05, 0) is 49.8 Å². The van der Waals surface area contributed by atoms with Gasteiger partial charge in [0.1, 0.15) is 0 Å². The van der Waals surface area contributed by atoms with Crippen molar-refractivity contribution in [3.05, 3.63) is 66.2 Å². The van der Waals surface area contributed by atoms with Crippen molar-refractivity contribution in [3.8, 4) is 0 Å². The van der Waals surface area contributed by atoms with Crippen LogP contribution in [0.1, 0.15) is 19.4 Å². The molecule has 0 N–H and O–H groups in total. The van der Waals surface area contributed by atoms with E-state index < -0.39 is 0 Å². The highest BCUT2D eigenvalue weighted by Gasteiger charge is 2.00. The fraction of sp³-hybridized carbons (Fsp3) is 0.211. The minimum Gasteiger partial charge on any atom is -0.372 e. The molecule has 0 aliphatic heterocycles. The third kappa shape index (κ3) is 4.60. The Kier molecular flexibility index (Phi) is 5.77. The van der Waals surface area contributed by atoms with Crippen molar-refractivity contribution in [3.63, 3.8) is 0 Å². The van der Waals surface area contributed by atoms with Crippen LogP contribution in [0.5, 0.6) is 0 Å². The van der Waals surface area contributed by atoms with E-state index in [4.69, 9.17) is 0 Å². The van der Waals surface area contributed by atoms with Gasteiger partial charge in [-0.1, -0.05) is 36.4 Å². The Morgan fingerprint density at radius 3 is 2.19 bits per heavy atom. The van der Waals surface area contributed by atoms with Gasteiger partial charge in [0.15, 0.2) is 0 Å². The summed E-state index contributed by atoms with van der Waals surface area (Å²) in [7, 11) is 0. The molecule has 0 radical (unpaired) electrons. The monoisotopic (exact) mass is 278 g/mol. The summed E-state index contributed by atoms with van der Waals surface area (Å²) < 4.78 is 0. The molecule has 0 heterocycles. The summed E-state index contributed by atoms with van der Waals surface area (Å²) in [5.74, 6) is 0. The van der Waals surface area contributed by atoms with Gasteiger partial charge in [-0.15, -0.1) is 0 Å². The Bertz CT molecular complexity index is 579. The number of nitrogens with zero attached hydrogens (tertiary/aromatic N) is 2. The number of hydrogen-bond donors (Lipinski definition) is 0. The lowest BCUT2D eigenvalue weighted by molar-refractivity contribution is 0.866. The van der Waals surface area contributed by atoms with Gasteiger partial charge in [-0.25, -0.2) is 0 Å². The molecule has 108 valence electrons. The van der Waals surface area contributed by atoms with Crippen molar-refractivity contribution in [2.24, 2.45) is 4.99 Å². The van der Waals surface area contributed by atoms with Gasteiger partial charge < -0.3 is 4.90 Å². The topological polar surface area (TPSA) is 15.6 Å². The molecule has 2 aromatic carbocycles. The number of benzene rings is 2. The van der Waals surface area contributed by atoms with E-state index in [1.807, 2.05) is 36.6 Å². The van der Waals surface area contributed by atoms with Gasteiger partial charge in [0.2, 0.25) is 0 Å². The third-order valence-electron chi connectivity index (χ3n) is 3.38. The van der Waals surface area contributed by atoms with Gasteiger partial charge in [0.25, 0.3) is 0 Å². The minimum absolute atomic E-state index is 0.976. The fourth-order valence-electron chi connectivity index (χ4n) is 2.19. The zero-order valence-electron chi connectivity index (χ0n) is 12.7. The number of anilines is 1. The second kappa shape index (κ2) is 8.05. The molecule has 0 fully saturated rings. The van der Waals surface area contributed by atoms with E-state index in [2.05, 4.69) is 60.1 Å². The first-order valence-corrected chi connectivity index (χ1v) is 7.44. The summed E-state index contributed by atoms with van der Waals surface area (Å²) in [5.41, 5.74) is 3.41. The zero-order chi connectivity index (χ0) is 14.9. The molecular weight excluding hydrogens is 256 g/mol. The molecule has 0 saturated heterocycles. The highest BCUT2D eigenvalue weighted by molar-refractivity contribution is 5.80. The van der Waals surface area contributed by atoms with Gasteiger partial charge in [0, 0.05) is 25.0 Å². The average molecular weight is 278 g/mol. The molecule has 0 bridgehead atoms. The molecule has 2 aromatic rings. The first kappa shape index (κ1) is 15.0. The molecule has 0 aromatic heterocycles. The molecular formula is C19H22N2. The van der Waals surface area contributed by atoms with E-state index in [0.29, 0.717) is 0 Å². The van der Waals surface area contributed by atoms with Crippen LogP contribution in [0.25, 0.3) is 6.08 Å². The highest BCUT2D eigenvalue weighted by Crippen LogP contribution is 2.19.